The highest BCUT2D eigenvalue weighted by atomic mass is 14.9. The second-order valence-corrected chi connectivity index (χ2v) is 4.05. The number of aromatic nitrogens is 1. The number of hydrogen-bond donors (Lipinski definition) is 2. The fourth-order valence-corrected chi connectivity index (χ4v) is 1.59. The average molecular weight is 207 g/mol. The topological polar surface area (TPSA) is 50.9 Å². The van der Waals surface area contributed by atoms with Crippen molar-refractivity contribution in [3.63, 3.8) is 0 Å². The lowest BCUT2D eigenvalue weighted by Crippen LogP contribution is -2.15. The third-order valence-corrected chi connectivity index (χ3v) is 2.41. The van der Waals surface area contributed by atoms with Gasteiger partial charge in [0.15, 0.2) is 0 Å². The molecule has 1 aromatic heterocycles. The molecule has 15 heavy (non-hydrogen) atoms. The monoisotopic (exact) mass is 207 g/mol. The van der Waals surface area contributed by atoms with Gasteiger partial charge in [0, 0.05) is 12.2 Å². The maximum Gasteiger partial charge on any atom is 0.0549 e. The SMILES string of the molecule is CCCCCC(C)Nc1cncc(N)c1. The Labute approximate surface area is 92.1 Å². The Balaban J connectivity index is 2.34. The third-order valence-electron chi connectivity index (χ3n) is 2.41. The average Bonchev–Trinajstić information content (AvgIpc) is 2.18. The van der Waals surface area contributed by atoms with E-state index in [1.807, 2.05) is 12.3 Å². The number of anilines is 2. The van der Waals surface area contributed by atoms with Crippen molar-refractivity contribution < 1.29 is 0 Å². The Kier molecular flexibility index (Phi) is 4.95. The van der Waals surface area contributed by atoms with Crippen molar-refractivity contribution in [2.75, 3.05) is 11.1 Å². The second kappa shape index (κ2) is 6.27. The number of nitrogens with one attached hydrogen (secondary N) is 1. The number of nitrogen functional groups attached to an aromatic ring is 1. The van der Waals surface area contributed by atoms with E-state index in [1.54, 1.807) is 6.20 Å². The summed E-state index contributed by atoms with van der Waals surface area (Å²) in [6.45, 7) is 4.42. The van der Waals surface area contributed by atoms with Gasteiger partial charge in [-0.3, -0.25) is 4.98 Å². The predicted molar refractivity (Wildman–Crippen MR) is 65.9 cm³/mol. The van der Waals surface area contributed by atoms with Gasteiger partial charge in [0.1, 0.15) is 0 Å². The third kappa shape index (κ3) is 4.68. The van der Waals surface area contributed by atoms with E-state index in [0.717, 1.165) is 5.69 Å². The summed E-state index contributed by atoms with van der Waals surface area (Å²) in [7, 11) is 0. The number of pyridine rings is 1. The van der Waals surface area contributed by atoms with E-state index >= 15 is 0 Å². The van der Waals surface area contributed by atoms with Crippen molar-refractivity contribution in [2.45, 2.75) is 45.6 Å². The summed E-state index contributed by atoms with van der Waals surface area (Å²) in [5.41, 5.74) is 7.38. The molecule has 0 spiro atoms. The summed E-state index contributed by atoms with van der Waals surface area (Å²) in [5.74, 6) is 0. The second-order valence-electron chi connectivity index (χ2n) is 4.05. The molecule has 0 fully saturated rings. The van der Waals surface area contributed by atoms with Crippen molar-refractivity contribution in [2.24, 2.45) is 0 Å². The van der Waals surface area contributed by atoms with Gasteiger partial charge in [0.05, 0.1) is 17.6 Å². The summed E-state index contributed by atoms with van der Waals surface area (Å²) < 4.78 is 0. The van der Waals surface area contributed by atoms with Crippen LogP contribution in [0, 0.1) is 0 Å². The molecule has 1 heterocycles. The molecule has 3 heteroatoms. The van der Waals surface area contributed by atoms with Crippen LogP contribution in [0.2, 0.25) is 0 Å². The Bertz CT molecular complexity index is 286. The molecule has 1 unspecified atom stereocenters. The van der Waals surface area contributed by atoms with E-state index in [-0.39, 0.29) is 0 Å². The van der Waals surface area contributed by atoms with Crippen LogP contribution in [-0.2, 0) is 0 Å². The number of rotatable bonds is 6. The molecule has 0 saturated heterocycles. The van der Waals surface area contributed by atoms with Gasteiger partial charge < -0.3 is 11.1 Å². The number of nitrogens with two attached hydrogens (primary N) is 1. The number of nitrogens with zero attached hydrogens (tertiary/aromatic N) is 1. The smallest absolute Gasteiger partial charge is 0.0549 e. The normalized spacial score (nSPS) is 12.4. The molecule has 0 aliphatic rings. The van der Waals surface area contributed by atoms with Crippen LogP contribution in [0.1, 0.15) is 39.5 Å². The summed E-state index contributed by atoms with van der Waals surface area (Å²) in [5, 5.41) is 3.40. The molecule has 0 aliphatic carbocycles. The van der Waals surface area contributed by atoms with Crippen LogP contribution in [0.3, 0.4) is 0 Å². The number of unbranched alkanes of at least 4 members (excludes halogenated alkanes) is 2. The maximum atomic E-state index is 5.65. The van der Waals surface area contributed by atoms with Crippen molar-refractivity contribution >= 4 is 11.4 Å². The van der Waals surface area contributed by atoms with Gasteiger partial charge in [-0.2, -0.15) is 0 Å². The molecule has 3 nitrogen and oxygen atoms in total. The van der Waals surface area contributed by atoms with E-state index in [1.165, 1.54) is 25.7 Å². The molecule has 0 aliphatic heterocycles. The standard InChI is InChI=1S/C12H21N3/c1-3-4-5-6-10(2)15-12-7-11(13)8-14-9-12/h7-10,15H,3-6,13H2,1-2H3. The fourth-order valence-electron chi connectivity index (χ4n) is 1.59. The molecule has 84 valence electrons. The van der Waals surface area contributed by atoms with Crippen molar-refractivity contribution in [3.05, 3.63) is 18.5 Å². The van der Waals surface area contributed by atoms with E-state index in [2.05, 4.69) is 24.1 Å². The molecule has 3 N–H and O–H groups in total. The van der Waals surface area contributed by atoms with E-state index in [4.69, 9.17) is 5.73 Å². The molecular formula is C12H21N3. The summed E-state index contributed by atoms with van der Waals surface area (Å²) in [6, 6.07) is 2.41. The first kappa shape index (κ1) is 11.8. The Hall–Kier alpha value is -1.25. The highest BCUT2D eigenvalue weighted by molar-refractivity contribution is 5.51. The van der Waals surface area contributed by atoms with Gasteiger partial charge in [0.2, 0.25) is 0 Å². The quantitative estimate of drug-likeness (QED) is 0.705. The first-order chi connectivity index (χ1) is 7.22. The highest BCUT2D eigenvalue weighted by Crippen LogP contribution is 2.13. The van der Waals surface area contributed by atoms with Gasteiger partial charge in [-0.25, -0.2) is 0 Å². The molecule has 1 rings (SSSR count). The van der Waals surface area contributed by atoms with Crippen LogP contribution < -0.4 is 11.1 Å². The van der Waals surface area contributed by atoms with E-state index < -0.39 is 0 Å². The zero-order valence-corrected chi connectivity index (χ0v) is 9.66. The minimum Gasteiger partial charge on any atom is -0.397 e. The van der Waals surface area contributed by atoms with Gasteiger partial charge in [-0.1, -0.05) is 26.2 Å². The maximum absolute atomic E-state index is 5.65. The fraction of sp³-hybridized carbons (Fsp3) is 0.583. The molecule has 0 aromatic carbocycles. The molecule has 1 aromatic rings. The summed E-state index contributed by atoms with van der Waals surface area (Å²) in [6.07, 6.45) is 8.52. The lowest BCUT2D eigenvalue weighted by Gasteiger charge is -2.14. The van der Waals surface area contributed by atoms with Crippen molar-refractivity contribution in [1.29, 1.82) is 0 Å². The van der Waals surface area contributed by atoms with Crippen LogP contribution in [0.15, 0.2) is 18.5 Å². The Morgan fingerprint density at radius 3 is 2.87 bits per heavy atom. The molecule has 0 radical (unpaired) electrons. The van der Waals surface area contributed by atoms with Crippen LogP contribution in [0.25, 0.3) is 0 Å². The lowest BCUT2D eigenvalue weighted by molar-refractivity contribution is 0.615. The zero-order valence-electron chi connectivity index (χ0n) is 9.66. The minimum atomic E-state index is 0.486. The van der Waals surface area contributed by atoms with Crippen LogP contribution in [0.4, 0.5) is 11.4 Å². The van der Waals surface area contributed by atoms with Gasteiger partial charge in [0.25, 0.3) is 0 Å². The first-order valence-electron chi connectivity index (χ1n) is 5.69. The number of hydrogen-bond acceptors (Lipinski definition) is 3. The minimum absolute atomic E-state index is 0.486. The van der Waals surface area contributed by atoms with Crippen molar-refractivity contribution in [3.8, 4) is 0 Å². The van der Waals surface area contributed by atoms with Gasteiger partial charge in [-0.05, 0) is 19.4 Å². The van der Waals surface area contributed by atoms with Crippen LogP contribution >= 0.6 is 0 Å². The summed E-state index contributed by atoms with van der Waals surface area (Å²) in [4.78, 5) is 4.05. The van der Waals surface area contributed by atoms with Crippen molar-refractivity contribution in [1.82, 2.24) is 4.98 Å². The zero-order chi connectivity index (χ0) is 11.1. The van der Waals surface area contributed by atoms with E-state index in [9.17, 15) is 0 Å². The Morgan fingerprint density at radius 2 is 2.20 bits per heavy atom. The Morgan fingerprint density at radius 1 is 1.40 bits per heavy atom. The predicted octanol–water partition coefficient (Wildman–Crippen LogP) is 3.04. The van der Waals surface area contributed by atoms with Crippen LogP contribution in [0.5, 0.6) is 0 Å². The van der Waals surface area contributed by atoms with Gasteiger partial charge in [-0.15, -0.1) is 0 Å². The highest BCUT2D eigenvalue weighted by Gasteiger charge is 2.01. The largest absolute Gasteiger partial charge is 0.397 e. The van der Waals surface area contributed by atoms with Gasteiger partial charge >= 0.3 is 0 Å². The molecule has 0 saturated carbocycles. The molecule has 0 bridgehead atoms. The molecular weight excluding hydrogens is 186 g/mol. The molecule has 1 atom stereocenters. The lowest BCUT2D eigenvalue weighted by atomic mass is 10.1. The van der Waals surface area contributed by atoms with Crippen LogP contribution in [-0.4, -0.2) is 11.0 Å². The molecule has 0 amide bonds. The summed E-state index contributed by atoms with van der Waals surface area (Å²) >= 11 is 0. The van der Waals surface area contributed by atoms with E-state index in [0.29, 0.717) is 11.7 Å². The first-order valence-corrected chi connectivity index (χ1v) is 5.69.